The summed E-state index contributed by atoms with van der Waals surface area (Å²) in [5, 5.41) is 12.3. The largest absolute Gasteiger partial charge is 0.481 e. The zero-order valence-electron chi connectivity index (χ0n) is 19.2. The van der Waals surface area contributed by atoms with Gasteiger partial charge in [-0.3, -0.25) is 4.79 Å². The molecule has 0 amide bonds. The lowest BCUT2D eigenvalue weighted by Crippen LogP contribution is -2.30. The molecular formula is C25H37ClN2O2S. The number of aryl methyl sites for hydroxylation is 1. The number of hydrogen-bond donors (Lipinski definition) is 2. The molecule has 1 aliphatic rings. The summed E-state index contributed by atoms with van der Waals surface area (Å²) >= 11 is 8.05. The van der Waals surface area contributed by atoms with E-state index in [1.165, 1.54) is 28.9 Å². The Morgan fingerprint density at radius 3 is 2.45 bits per heavy atom. The van der Waals surface area contributed by atoms with Crippen molar-refractivity contribution in [3.8, 4) is 0 Å². The molecule has 4 nitrogen and oxygen atoms in total. The number of aliphatic carboxylic acids is 1. The Balaban J connectivity index is 0.000000605. The molecule has 31 heavy (non-hydrogen) atoms. The van der Waals surface area contributed by atoms with Gasteiger partial charge in [0, 0.05) is 42.0 Å². The Bertz CT molecular complexity index is 758. The number of carbonyl (C=O) groups is 1. The second kappa shape index (κ2) is 16.2. The Hall–Kier alpha value is -1.53. The van der Waals surface area contributed by atoms with Crippen molar-refractivity contribution < 1.29 is 9.90 Å². The maximum Gasteiger partial charge on any atom is 0.303 e. The zero-order valence-corrected chi connectivity index (χ0v) is 20.8. The van der Waals surface area contributed by atoms with E-state index in [0.29, 0.717) is 6.04 Å². The quantitative estimate of drug-likeness (QED) is 0.427. The normalized spacial score (nSPS) is 15.5. The van der Waals surface area contributed by atoms with Gasteiger partial charge in [0.2, 0.25) is 0 Å². The van der Waals surface area contributed by atoms with Crippen LogP contribution in [-0.2, 0) is 17.8 Å². The Morgan fingerprint density at radius 1 is 1.16 bits per heavy atom. The molecule has 0 radical (unpaired) electrons. The van der Waals surface area contributed by atoms with E-state index in [2.05, 4.69) is 59.0 Å². The van der Waals surface area contributed by atoms with Crippen molar-refractivity contribution in [3.63, 3.8) is 0 Å². The third-order valence-corrected chi connectivity index (χ3v) is 6.01. The van der Waals surface area contributed by atoms with Crippen LogP contribution < -0.4 is 5.32 Å². The van der Waals surface area contributed by atoms with Gasteiger partial charge in [-0.15, -0.1) is 0 Å². The van der Waals surface area contributed by atoms with Crippen molar-refractivity contribution >= 4 is 29.5 Å². The van der Waals surface area contributed by atoms with Crippen LogP contribution in [0.15, 0.2) is 53.4 Å². The molecule has 1 fully saturated rings. The molecule has 0 bridgehead atoms. The fraction of sp³-hybridized carbons (Fsp3) is 0.480. The lowest BCUT2D eigenvalue weighted by molar-refractivity contribution is -0.136. The third kappa shape index (κ3) is 11.1. The molecule has 2 aromatic rings. The van der Waals surface area contributed by atoms with E-state index in [0.717, 1.165) is 31.1 Å². The average Bonchev–Trinajstić information content (AvgIpc) is 3.23. The highest BCUT2D eigenvalue weighted by Gasteiger charge is 2.23. The number of benzene rings is 2. The molecule has 0 aromatic heterocycles. The first kappa shape index (κ1) is 27.5. The number of halogens is 1. The summed E-state index contributed by atoms with van der Waals surface area (Å²) in [5.41, 5.74) is 2.77. The van der Waals surface area contributed by atoms with Crippen LogP contribution in [0.3, 0.4) is 0 Å². The molecule has 172 valence electrons. The van der Waals surface area contributed by atoms with Crippen LogP contribution in [0.2, 0.25) is 5.02 Å². The molecule has 1 aliphatic heterocycles. The van der Waals surface area contributed by atoms with E-state index in [1.807, 2.05) is 31.9 Å². The van der Waals surface area contributed by atoms with E-state index >= 15 is 0 Å². The molecule has 1 saturated heterocycles. The summed E-state index contributed by atoms with van der Waals surface area (Å²) in [4.78, 5) is 10.7. The van der Waals surface area contributed by atoms with Crippen molar-refractivity contribution in [3.05, 3.63) is 64.7 Å². The highest BCUT2D eigenvalue weighted by Crippen LogP contribution is 2.27. The Kier molecular flexibility index (Phi) is 14.3. The van der Waals surface area contributed by atoms with Crippen LogP contribution in [0.4, 0.5) is 0 Å². The van der Waals surface area contributed by atoms with E-state index < -0.39 is 5.97 Å². The zero-order chi connectivity index (χ0) is 23.1. The second-order valence-corrected chi connectivity index (χ2v) is 8.68. The van der Waals surface area contributed by atoms with Crippen molar-refractivity contribution in [1.29, 1.82) is 0 Å². The lowest BCUT2D eigenvalue weighted by atomic mass is 10.0. The number of carboxylic acids is 1. The maximum absolute atomic E-state index is 9.37. The fourth-order valence-corrected chi connectivity index (χ4v) is 4.36. The van der Waals surface area contributed by atoms with Crippen LogP contribution in [-0.4, -0.2) is 34.5 Å². The molecular weight excluding hydrogens is 428 g/mol. The highest BCUT2D eigenvalue weighted by atomic mass is 35.5. The van der Waals surface area contributed by atoms with Gasteiger partial charge in [-0.1, -0.05) is 70.0 Å². The van der Waals surface area contributed by atoms with Crippen molar-refractivity contribution in [2.24, 2.45) is 0 Å². The van der Waals surface area contributed by atoms with Crippen LogP contribution in [0, 0.1) is 0 Å². The molecule has 0 saturated carbocycles. The first-order chi connectivity index (χ1) is 15.0. The van der Waals surface area contributed by atoms with Gasteiger partial charge in [0.05, 0.1) is 0 Å². The SMILES string of the molecule is CC.CCC(=O)O.CCCc1ccc(Cl)cc1CNC1CCN(Sc2ccccc2)C1. The summed E-state index contributed by atoms with van der Waals surface area (Å²) in [7, 11) is 0. The van der Waals surface area contributed by atoms with Gasteiger partial charge >= 0.3 is 5.97 Å². The molecule has 0 spiro atoms. The molecule has 1 atom stereocenters. The molecule has 2 N–H and O–H groups in total. The molecule has 6 heteroatoms. The summed E-state index contributed by atoms with van der Waals surface area (Å²) in [6, 6.07) is 17.5. The van der Waals surface area contributed by atoms with Gasteiger partial charge in [-0.25, -0.2) is 4.31 Å². The van der Waals surface area contributed by atoms with E-state index in [1.54, 1.807) is 6.92 Å². The minimum atomic E-state index is -0.745. The van der Waals surface area contributed by atoms with Gasteiger partial charge in [0.25, 0.3) is 0 Å². The van der Waals surface area contributed by atoms with Crippen LogP contribution in [0.1, 0.15) is 58.1 Å². The summed E-state index contributed by atoms with van der Waals surface area (Å²) in [5.74, 6) is -0.745. The van der Waals surface area contributed by atoms with Crippen LogP contribution in [0.5, 0.6) is 0 Å². The van der Waals surface area contributed by atoms with Gasteiger partial charge < -0.3 is 10.4 Å². The number of hydrogen-bond acceptors (Lipinski definition) is 4. The van der Waals surface area contributed by atoms with E-state index in [9.17, 15) is 4.79 Å². The van der Waals surface area contributed by atoms with E-state index in [4.69, 9.17) is 16.7 Å². The fourth-order valence-electron chi connectivity index (χ4n) is 3.13. The Morgan fingerprint density at radius 2 is 1.84 bits per heavy atom. The van der Waals surface area contributed by atoms with Crippen molar-refractivity contribution in [2.45, 2.75) is 70.9 Å². The summed E-state index contributed by atoms with van der Waals surface area (Å²) in [6.45, 7) is 11.0. The van der Waals surface area contributed by atoms with Crippen LogP contribution >= 0.6 is 23.5 Å². The monoisotopic (exact) mass is 464 g/mol. The molecule has 1 heterocycles. The average molecular weight is 465 g/mol. The van der Waals surface area contributed by atoms with Gasteiger partial charge in [0.15, 0.2) is 0 Å². The predicted molar refractivity (Wildman–Crippen MR) is 134 cm³/mol. The second-order valence-electron chi connectivity index (χ2n) is 7.07. The minimum Gasteiger partial charge on any atom is -0.481 e. The van der Waals surface area contributed by atoms with Crippen LogP contribution in [0.25, 0.3) is 0 Å². The molecule has 3 rings (SSSR count). The van der Waals surface area contributed by atoms with Gasteiger partial charge in [0.1, 0.15) is 0 Å². The van der Waals surface area contributed by atoms with Gasteiger partial charge in [-0.2, -0.15) is 0 Å². The number of nitrogens with zero attached hydrogens (tertiary/aromatic N) is 1. The first-order valence-electron chi connectivity index (χ1n) is 11.2. The highest BCUT2D eigenvalue weighted by molar-refractivity contribution is 7.97. The number of nitrogens with one attached hydrogen (secondary N) is 1. The van der Waals surface area contributed by atoms with Crippen molar-refractivity contribution in [1.82, 2.24) is 9.62 Å². The number of rotatable bonds is 8. The van der Waals surface area contributed by atoms with E-state index in [-0.39, 0.29) is 6.42 Å². The first-order valence-corrected chi connectivity index (χ1v) is 12.4. The van der Waals surface area contributed by atoms with Gasteiger partial charge in [-0.05, 0) is 60.2 Å². The molecule has 0 aliphatic carbocycles. The standard InChI is InChI=1S/C20H25ClN2S.C3H6O2.C2H6/c1-2-6-16-9-10-18(21)13-17(16)14-22-19-11-12-23(15-19)24-20-7-4-3-5-8-20;1-2-3(4)5;1-2/h3-5,7-10,13,19,22H,2,6,11-12,14-15H2,1H3;2H2,1H3,(H,4,5);1-2H3. The molecule has 1 unspecified atom stereocenters. The van der Waals surface area contributed by atoms with Crippen molar-refractivity contribution in [2.75, 3.05) is 13.1 Å². The number of carboxylic acid groups (broad SMARTS) is 1. The molecule has 2 aromatic carbocycles. The summed E-state index contributed by atoms with van der Waals surface area (Å²) in [6.07, 6.45) is 3.71. The third-order valence-electron chi connectivity index (χ3n) is 4.70. The predicted octanol–water partition coefficient (Wildman–Crippen LogP) is 6.67. The Labute approximate surface area is 197 Å². The minimum absolute atomic E-state index is 0.222. The topological polar surface area (TPSA) is 52.6 Å². The smallest absolute Gasteiger partial charge is 0.303 e. The summed E-state index contributed by atoms with van der Waals surface area (Å²) < 4.78 is 2.46. The maximum atomic E-state index is 9.37. The lowest BCUT2D eigenvalue weighted by Gasteiger charge is -2.17.